The fourth-order valence-corrected chi connectivity index (χ4v) is 3.94. The van der Waals surface area contributed by atoms with E-state index in [9.17, 15) is 8.42 Å². The number of nitrogens with one attached hydrogen (secondary N) is 1. The number of hydrogen-bond acceptors (Lipinski definition) is 4. The Hall–Kier alpha value is -0.950. The highest BCUT2D eigenvalue weighted by molar-refractivity contribution is 7.89. The van der Waals surface area contributed by atoms with Gasteiger partial charge in [0, 0.05) is 25.2 Å². The van der Waals surface area contributed by atoms with Crippen molar-refractivity contribution in [3.8, 4) is 0 Å². The SMILES string of the molecule is Cc1ccccc1S(=O)(=O)NCC(C)(C)N1CCOCC1. The van der Waals surface area contributed by atoms with Crippen LogP contribution in [0.2, 0.25) is 0 Å². The van der Waals surface area contributed by atoms with Gasteiger partial charge in [0.05, 0.1) is 18.1 Å². The van der Waals surface area contributed by atoms with Crippen LogP contribution in [0.25, 0.3) is 0 Å². The molecule has 5 nitrogen and oxygen atoms in total. The van der Waals surface area contributed by atoms with Crippen LogP contribution in [-0.2, 0) is 14.8 Å². The van der Waals surface area contributed by atoms with E-state index in [1.54, 1.807) is 12.1 Å². The normalized spacial score (nSPS) is 17.9. The average Bonchev–Trinajstić information content (AvgIpc) is 2.47. The molecular formula is C15H24N2O3S. The van der Waals surface area contributed by atoms with Crippen molar-refractivity contribution >= 4 is 10.0 Å². The first-order valence-corrected chi connectivity index (χ1v) is 8.69. The topological polar surface area (TPSA) is 58.6 Å². The van der Waals surface area contributed by atoms with Gasteiger partial charge in [0.25, 0.3) is 0 Å². The predicted octanol–water partition coefficient (Wildman–Crippen LogP) is 1.38. The van der Waals surface area contributed by atoms with Crippen LogP contribution < -0.4 is 4.72 Å². The maximum Gasteiger partial charge on any atom is 0.240 e. The van der Waals surface area contributed by atoms with E-state index in [0.717, 1.165) is 18.7 Å². The lowest BCUT2D eigenvalue weighted by Gasteiger charge is -2.40. The standard InChI is InChI=1S/C15H24N2O3S/c1-13-6-4-5-7-14(13)21(18,19)16-12-15(2,3)17-8-10-20-11-9-17/h4-7,16H,8-12H2,1-3H3. The lowest BCUT2D eigenvalue weighted by molar-refractivity contribution is -0.00803. The number of nitrogens with zero attached hydrogens (tertiary/aromatic N) is 1. The highest BCUT2D eigenvalue weighted by atomic mass is 32.2. The molecule has 1 aromatic carbocycles. The number of hydrogen-bond donors (Lipinski definition) is 1. The second-order valence-corrected chi connectivity index (χ2v) is 7.74. The molecule has 1 saturated heterocycles. The lowest BCUT2D eigenvalue weighted by atomic mass is 10.0. The molecule has 1 aromatic rings. The minimum atomic E-state index is -3.47. The van der Waals surface area contributed by atoms with Gasteiger partial charge in [0.1, 0.15) is 0 Å². The monoisotopic (exact) mass is 312 g/mol. The summed E-state index contributed by atoms with van der Waals surface area (Å²) in [5.74, 6) is 0. The minimum absolute atomic E-state index is 0.237. The molecule has 1 aliphatic rings. The zero-order chi connectivity index (χ0) is 15.5. The number of benzene rings is 1. The minimum Gasteiger partial charge on any atom is -0.379 e. The quantitative estimate of drug-likeness (QED) is 0.892. The summed E-state index contributed by atoms with van der Waals surface area (Å²) < 4.78 is 32.9. The Labute approximate surface area is 127 Å². The van der Waals surface area contributed by atoms with Crippen LogP contribution in [0.5, 0.6) is 0 Å². The van der Waals surface area contributed by atoms with Crippen LogP contribution in [0.15, 0.2) is 29.2 Å². The first kappa shape index (κ1) is 16.4. The summed E-state index contributed by atoms with van der Waals surface area (Å²) in [5, 5.41) is 0. The maximum absolute atomic E-state index is 12.4. The summed E-state index contributed by atoms with van der Waals surface area (Å²) in [5.41, 5.74) is 0.522. The summed E-state index contributed by atoms with van der Waals surface area (Å²) in [4.78, 5) is 2.61. The van der Waals surface area contributed by atoms with Crippen molar-refractivity contribution in [2.75, 3.05) is 32.8 Å². The molecule has 2 rings (SSSR count). The molecule has 0 atom stereocenters. The van der Waals surface area contributed by atoms with Crippen molar-refractivity contribution in [1.29, 1.82) is 0 Å². The lowest BCUT2D eigenvalue weighted by Crippen LogP contribution is -2.55. The molecule has 0 bridgehead atoms. The molecule has 1 N–H and O–H groups in total. The molecule has 0 radical (unpaired) electrons. The van der Waals surface area contributed by atoms with E-state index in [-0.39, 0.29) is 5.54 Å². The van der Waals surface area contributed by atoms with Crippen LogP contribution in [0, 0.1) is 6.92 Å². The van der Waals surface area contributed by atoms with Crippen molar-refractivity contribution in [2.45, 2.75) is 31.2 Å². The Morgan fingerprint density at radius 3 is 2.48 bits per heavy atom. The molecule has 6 heteroatoms. The zero-order valence-electron chi connectivity index (χ0n) is 12.9. The molecule has 1 fully saturated rings. The van der Waals surface area contributed by atoms with Gasteiger partial charge < -0.3 is 4.74 Å². The van der Waals surface area contributed by atoms with Gasteiger partial charge in [-0.3, -0.25) is 4.90 Å². The summed E-state index contributed by atoms with van der Waals surface area (Å²) in [6, 6.07) is 7.03. The molecule has 1 aliphatic heterocycles. The molecule has 0 unspecified atom stereocenters. The molecule has 0 amide bonds. The Bertz CT molecular complexity index is 578. The molecule has 0 aliphatic carbocycles. The summed E-state index contributed by atoms with van der Waals surface area (Å²) >= 11 is 0. The van der Waals surface area contributed by atoms with Crippen molar-refractivity contribution in [2.24, 2.45) is 0 Å². The number of morpholine rings is 1. The Kier molecular flexibility index (Phi) is 5.03. The van der Waals surface area contributed by atoms with Crippen molar-refractivity contribution in [1.82, 2.24) is 9.62 Å². The second-order valence-electron chi connectivity index (χ2n) is 6.00. The van der Waals surface area contributed by atoms with Gasteiger partial charge in [-0.05, 0) is 32.4 Å². The molecule has 118 valence electrons. The molecular weight excluding hydrogens is 288 g/mol. The van der Waals surface area contributed by atoms with Gasteiger partial charge in [-0.2, -0.15) is 0 Å². The first-order chi connectivity index (χ1) is 9.83. The zero-order valence-corrected chi connectivity index (χ0v) is 13.7. The highest BCUT2D eigenvalue weighted by Crippen LogP contribution is 2.18. The largest absolute Gasteiger partial charge is 0.379 e. The third-order valence-electron chi connectivity index (χ3n) is 3.95. The van der Waals surface area contributed by atoms with Crippen molar-refractivity contribution in [3.63, 3.8) is 0 Å². The van der Waals surface area contributed by atoms with Gasteiger partial charge in [-0.15, -0.1) is 0 Å². The number of rotatable bonds is 5. The van der Waals surface area contributed by atoms with Crippen LogP contribution in [0.3, 0.4) is 0 Å². The van der Waals surface area contributed by atoms with E-state index >= 15 is 0 Å². The Balaban J connectivity index is 2.06. The molecule has 0 aromatic heterocycles. The van der Waals surface area contributed by atoms with E-state index in [1.165, 1.54) is 0 Å². The van der Waals surface area contributed by atoms with Crippen molar-refractivity contribution in [3.05, 3.63) is 29.8 Å². The van der Waals surface area contributed by atoms with Gasteiger partial charge >= 0.3 is 0 Å². The van der Waals surface area contributed by atoms with Gasteiger partial charge in [-0.1, -0.05) is 18.2 Å². The molecule has 21 heavy (non-hydrogen) atoms. The van der Waals surface area contributed by atoms with Crippen molar-refractivity contribution < 1.29 is 13.2 Å². The van der Waals surface area contributed by atoms with Gasteiger partial charge in [0.15, 0.2) is 0 Å². The molecule has 0 spiro atoms. The number of ether oxygens (including phenoxy) is 1. The van der Waals surface area contributed by atoms with Crippen LogP contribution in [0.1, 0.15) is 19.4 Å². The number of sulfonamides is 1. The average molecular weight is 312 g/mol. The highest BCUT2D eigenvalue weighted by Gasteiger charge is 2.30. The van der Waals surface area contributed by atoms with Gasteiger partial charge in [0.2, 0.25) is 10.0 Å². The summed E-state index contributed by atoms with van der Waals surface area (Å²) in [6.45, 7) is 9.36. The smallest absolute Gasteiger partial charge is 0.240 e. The van der Waals surface area contributed by atoms with E-state index < -0.39 is 10.0 Å². The number of aryl methyl sites for hydroxylation is 1. The second kappa shape index (κ2) is 6.44. The first-order valence-electron chi connectivity index (χ1n) is 7.21. The van der Waals surface area contributed by atoms with E-state index in [1.807, 2.05) is 19.1 Å². The van der Waals surface area contributed by atoms with E-state index in [0.29, 0.717) is 24.7 Å². The van der Waals surface area contributed by atoms with Crippen LogP contribution >= 0.6 is 0 Å². The van der Waals surface area contributed by atoms with E-state index in [4.69, 9.17) is 4.74 Å². The fourth-order valence-electron chi connectivity index (χ4n) is 2.49. The molecule has 0 saturated carbocycles. The maximum atomic E-state index is 12.4. The summed E-state index contributed by atoms with van der Waals surface area (Å²) in [6.07, 6.45) is 0. The molecule has 1 heterocycles. The summed E-state index contributed by atoms with van der Waals surface area (Å²) in [7, 11) is -3.47. The fraction of sp³-hybridized carbons (Fsp3) is 0.600. The van der Waals surface area contributed by atoms with Crippen LogP contribution in [0.4, 0.5) is 0 Å². The Morgan fingerprint density at radius 1 is 1.24 bits per heavy atom. The van der Waals surface area contributed by atoms with Gasteiger partial charge in [-0.25, -0.2) is 13.1 Å². The third-order valence-corrected chi connectivity index (χ3v) is 5.51. The predicted molar refractivity (Wildman–Crippen MR) is 82.8 cm³/mol. The van der Waals surface area contributed by atoms with Crippen LogP contribution in [-0.4, -0.2) is 51.7 Å². The van der Waals surface area contributed by atoms with E-state index in [2.05, 4.69) is 23.5 Å². The third kappa shape index (κ3) is 4.03. The Morgan fingerprint density at radius 2 is 1.86 bits per heavy atom.